The number of carbonyl (C=O) groups is 2. The van der Waals surface area contributed by atoms with Crippen LogP contribution in [0.2, 0.25) is 0 Å². The number of hydrogen-bond donors (Lipinski definition) is 1. The van der Waals surface area contributed by atoms with E-state index in [1.54, 1.807) is 4.90 Å². The van der Waals surface area contributed by atoms with Gasteiger partial charge >= 0.3 is 6.09 Å². The molecule has 5 heteroatoms. The number of likely N-dealkylation sites (tertiary alicyclic amines) is 1. The van der Waals surface area contributed by atoms with Gasteiger partial charge in [-0.05, 0) is 50.5 Å². The smallest absolute Gasteiger partial charge is 0.410 e. The van der Waals surface area contributed by atoms with Gasteiger partial charge in [-0.3, -0.25) is 4.79 Å². The molecule has 1 aliphatic carbocycles. The fourth-order valence-corrected chi connectivity index (χ4v) is 3.79. The Bertz CT molecular complexity index is 657. The largest absolute Gasteiger partial charge is 0.445 e. The normalized spacial score (nSPS) is 19.9. The number of hydrogen-bond acceptors (Lipinski definition) is 3. The van der Waals surface area contributed by atoms with E-state index < -0.39 is 0 Å². The maximum absolute atomic E-state index is 12.5. The molecule has 0 spiro atoms. The Morgan fingerprint density at radius 3 is 2.78 bits per heavy atom. The second kappa shape index (κ2) is 10.1. The summed E-state index contributed by atoms with van der Waals surface area (Å²) in [4.78, 5) is 26.5. The zero-order valence-electron chi connectivity index (χ0n) is 16.0. The highest BCUT2D eigenvalue weighted by Crippen LogP contribution is 2.20. The number of benzene rings is 1. The Morgan fingerprint density at radius 2 is 2.00 bits per heavy atom. The van der Waals surface area contributed by atoms with Crippen molar-refractivity contribution in [1.29, 1.82) is 0 Å². The fourth-order valence-electron chi connectivity index (χ4n) is 3.79. The zero-order valence-corrected chi connectivity index (χ0v) is 16.0. The van der Waals surface area contributed by atoms with Gasteiger partial charge in [0.1, 0.15) is 6.61 Å². The number of rotatable bonds is 6. The predicted molar refractivity (Wildman–Crippen MR) is 105 cm³/mol. The number of piperidine rings is 1. The van der Waals surface area contributed by atoms with Gasteiger partial charge in [-0.1, -0.05) is 42.0 Å². The maximum Gasteiger partial charge on any atom is 0.410 e. The molecule has 2 amide bonds. The molecule has 1 atom stereocenters. The molecule has 1 aromatic rings. The summed E-state index contributed by atoms with van der Waals surface area (Å²) in [7, 11) is 0. The first-order valence-corrected chi connectivity index (χ1v) is 10.1. The van der Waals surface area contributed by atoms with Crippen LogP contribution in [-0.4, -0.2) is 36.5 Å². The number of carbonyl (C=O) groups excluding carboxylic acids is 2. The van der Waals surface area contributed by atoms with Crippen LogP contribution in [0, 0.1) is 5.92 Å². The Hall–Kier alpha value is -2.30. The SMILES string of the molecule is O=C(NCCC1=CCCCC1)C1CCCN(C(=O)OCc2ccccc2)C1. The first kappa shape index (κ1) is 19.5. The monoisotopic (exact) mass is 370 g/mol. The number of ether oxygens (including phenoxy) is 1. The van der Waals surface area contributed by atoms with Gasteiger partial charge in [-0.15, -0.1) is 0 Å². The van der Waals surface area contributed by atoms with Gasteiger partial charge in [-0.25, -0.2) is 4.79 Å². The van der Waals surface area contributed by atoms with Gasteiger partial charge in [0.05, 0.1) is 5.92 Å². The molecule has 1 aromatic carbocycles. The van der Waals surface area contributed by atoms with Crippen LogP contribution < -0.4 is 5.32 Å². The van der Waals surface area contributed by atoms with Gasteiger partial charge in [0.25, 0.3) is 0 Å². The van der Waals surface area contributed by atoms with E-state index >= 15 is 0 Å². The summed E-state index contributed by atoms with van der Waals surface area (Å²) < 4.78 is 5.40. The molecule has 1 aliphatic heterocycles. The van der Waals surface area contributed by atoms with Crippen LogP contribution in [-0.2, 0) is 16.1 Å². The van der Waals surface area contributed by atoms with E-state index in [2.05, 4.69) is 11.4 Å². The lowest BCUT2D eigenvalue weighted by Gasteiger charge is -2.31. The molecule has 5 nitrogen and oxygen atoms in total. The molecule has 1 fully saturated rings. The Morgan fingerprint density at radius 1 is 1.15 bits per heavy atom. The van der Waals surface area contributed by atoms with Gasteiger partial charge < -0.3 is 15.0 Å². The second-order valence-corrected chi connectivity index (χ2v) is 7.47. The van der Waals surface area contributed by atoms with E-state index in [4.69, 9.17) is 4.74 Å². The summed E-state index contributed by atoms with van der Waals surface area (Å²) in [5.41, 5.74) is 2.44. The van der Waals surface area contributed by atoms with Crippen LogP contribution in [0.1, 0.15) is 50.5 Å². The summed E-state index contributed by atoms with van der Waals surface area (Å²) >= 11 is 0. The fraction of sp³-hybridized carbons (Fsp3) is 0.545. The lowest BCUT2D eigenvalue weighted by atomic mass is 9.96. The molecule has 0 saturated carbocycles. The molecule has 1 heterocycles. The third kappa shape index (κ3) is 6.12. The molecule has 1 saturated heterocycles. The van der Waals surface area contributed by atoms with Crippen molar-refractivity contribution in [1.82, 2.24) is 10.2 Å². The van der Waals surface area contributed by atoms with Crippen molar-refractivity contribution in [3.63, 3.8) is 0 Å². The molecule has 1 unspecified atom stereocenters. The van der Waals surface area contributed by atoms with Crippen LogP contribution in [0.25, 0.3) is 0 Å². The average Bonchev–Trinajstić information content (AvgIpc) is 2.73. The highest BCUT2D eigenvalue weighted by atomic mass is 16.6. The number of nitrogens with zero attached hydrogens (tertiary/aromatic N) is 1. The lowest BCUT2D eigenvalue weighted by Crippen LogP contribution is -2.45. The van der Waals surface area contributed by atoms with Crippen molar-refractivity contribution < 1.29 is 14.3 Å². The Balaban J connectivity index is 1.40. The lowest BCUT2D eigenvalue weighted by molar-refractivity contribution is -0.126. The minimum atomic E-state index is -0.330. The molecular formula is C22H30N2O3. The molecule has 1 N–H and O–H groups in total. The second-order valence-electron chi connectivity index (χ2n) is 7.47. The summed E-state index contributed by atoms with van der Waals surface area (Å²) in [5, 5.41) is 3.06. The van der Waals surface area contributed by atoms with E-state index in [0.717, 1.165) is 24.8 Å². The Labute approximate surface area is 161 Å². The van der Waals surface area contributed by atoms with Crippen molar-refractivity contribution in [2.45, 2.75) is 51.6 Å². The van der Waals surface area contributed by atoms with Crippen LogP contribution in [0.4, 0.5) is 4.79 Å². The van der Waals surface area contributed by atoms with Crippen molar-refractivity contribution in [2.75, 3.05) is 19.6 Å². The molecular weight excluding hydrogens is 340 g/mol. The summed E-state index contributed by atoms with van der Waals surface area (Å²) in [6.45, 7) is 2.06. The van der Waals surface area contributed by atoms with Crippen LogP contribution in [0.15, 0.2) is 42.0 Å². The first-order valence-electron chi connectivity index (χ1n) is 10.1. The summed E-state index contributed by atoms with van der Waals surface area (Å²) in [5.74, 6) is -0.0738. The number of allylic oxidation sites excluding steroid dienone is 1. The highest BCUT2D eigenvalue weighted by molar-refractivity contribution is 5.80. The Kier molecular flexibility index (Phi) is 7.31. The zero-order chi connectivity index (χ0) is 18.9. The number of amides is 2. The van der Waals surface area contributed by atoms with E-state index in [1.807, 2.05) is 30.3 Å². The molecule has 3 rings (SSSR count). The first-order chi connectivity index (χ1) is 13.2. The van der Waals surface area contributed by atoms with E-state index in [0.29, 0.717) is 19.6 Å². The van der Waals surface area contributed by atoms with Crippen molar-refractivity contribution in [3.05, 3.63) is 47.5 Å². The van der Waals surface area contributed by atoms with Gasteiger partial charge in [-0.2, -0.15) is 0 Å². The van der Waals surface area contributed by atoms with E-state index in [1.165, 1.54) is 31.3 Å². The predicted octanol–water partition coefficient (Wildman–Crippen LogP) is 4.04. The molecule has 146 valence electrons. The number of nitrogens with one attached hydrogen (secondary N) is 1. The molecule has 2 aliphatic rings. The molecule has 0 radical (unpaired) electrons. The van der Waals surface area contributed by atoms with Crippen LogP contribution >= 0.6 is 0 Å². The van der Waals surface area contributed by atoms with E-state index in [9.17, 15) is 9.59 Å². The van der Waals surface area contributed by atoms with E-state index in [-0.39, 0.29) is 24.5 Å². The van der Waals surface area contributed by atoms with Gasteiger partial charge in [0.15, 0.2) is 0 Å². The average molecular weight is 370 g/mol. The molecule has 27 heavy (non-hydrogen) atoms. The quantitative estimate of drug-likeness (QED) is 0.769. The minimum absolute atomic E-state index is 0.0620. The van der Waals surface area contributed by atoms with Gasteiger partial charge in [0.2, 0.25) is 5.91 Å². The van der Waals surface area contributed by atoms with Gasteiger partial charge in [0, 0.05) is 19.6 Å². The third-order valence-electron chi connectivity index (χ3n) is 5.39. The molecule has 0 bridgehead atoms. The standard InChI is InChI=1S/C22H30N2O3/c25-21(23-14-13-18-8-3-1-4-9-18)20-12-7-15-24(16-20)22(26)27-17-19-10-5-2-6-11-19/h2,5-6,8,10-11,20H,1,3-4,7,9,12-17H2,(H,23,25). The highest BCUT2D eigenvalue weighted by Gasteiger charge is 2.29. The minimum Gasteiger partial charge on any atom is -0.445 e. The topological polar surface area (TPSA) is 58.6 Å². The van der Waals surface area contributed by atoms with Crippen LogP contribution in [0.5, 0.6) is 0 Å². The van der Waals surface area contributed by atoms with Crippen molar-refractivity contribution >= 4 is 12.0 Å². The third-order valence-corrected chi connectivity index (χ3v) is 5.39. The summed E-state index contributed by atoms with van der Waals surface area (Å²) in [6.07, 6.45) is 9.50. The van der Waals surface area contributed by atoms with Crippen molar-refractivity contribution in [2.24, 2.45) is 5.92 Å². The summed E-state index contributed by atoms with van der Waals surface area (Å²) in [6, 6.07) is 9.65. The van der Waals surface area contributed by atoms with Crippen LogP contribution in [0.3, 0.4) is 0 Å². The maximum atomic E-state index is 12.5. The van der Waals surface area contributed by atoms with Crippen molar-refractivity contribution in [3.8, 4) is 0 Å². The molecule has 0 aromatic heterocycles.